The molecule has 3 heterocycles. The zero-order valence-electron chi connectivity index (χ0n) is 18.3. The largest absolute Gasteiger partial charge is 0.483 e. The molecule has 32 heavy (non-hydrogen) atoms. The molecular weight excluding hydrogens is 406 g/mol. The molecule has 1 N–H and O–H groups in total. The van der Waals surface area contributed by atoms with E-state index in [0.29, 0.717) is 37.6 Å². The van der Waals surface area contributed by atoms with Crippen molar-refractivity contribution in [3.8, 4) is 11.6 Å². The van der Waals surface area contributed by atoms with Crippen LogP contribution in [0.3, 0.4) is 0 Å². The Labute approximate surface area is 188 Å². The molecule has 0 spiro atoms. The molecule has 2 atom stereocenters. The van der Waals surface area contributed by atoms with Crippen LogP contribution in [-0.2, 0) is 11.2 Å². The number of hydrogen-bond acceptors (Lipinski definition) is 5. The fourth-order valence-electron chi connectivity index (χ4n) is 4.25. The highest BCUT2D eigenvalue weighted by Gasteiger charge is 2.32. The van der Waals surface area contributed by atoms with Crippen molar-refractivity contribution in [3.05, 3.63) is 65.9 Å². The SMILES string of the molecule is CCOc1ccc(C(=O)N2CC[C@H]3NC(=O)COc4ccccc4C/C=C/C[C@H]3C2)cn1. The van der Waals surface area contributed by atoms with Crippen LogP contribution >= 0.6 is 0 Å². The lowest BCUT2D eigenvalue weighted by molar-refractivity contribution is -0.124. The molecule has 1 saturated heterocycles. The summed E-state index contributed by atoms with van der Waals surface area (Å²) >= 11 is 0. The molecule has 2 aliphatic heterocycles. The molecule has 2 aromatic rings. The van der Waals surface area contributed by atoms with Gasteiger partial charge in [0.25, 0.3) is 11.8 Å². The van der Waals surface area contributed by atoms with Crippen LogP contribution in [-0.4, -0.2) is 54.0 Å². The average Bonchev–Trinajstić information content (AvgIpc) is 2.81. The summed E-state index contributed by atoms with van der Waals surface area (Å²) in [4.78, 5) is 31.6. The smallest absolute Gasteiger partial charge is 0.258 e. The fourth-order valence-corrected chi connectivity index (χ4v) is 4.25. The first-order valence-corrected chi connectivity index (χ1v) is 11.2. The Kier molecular flexibility index (Phi) is 7.04. The van der Waals surface area contributed by atoms with Crippen LogP contribution in [0.15, 0.2) is 54.7 Å². The number of amides is 2. The number of nitrogens with zero attached hydrogens (tertiary/aromatic N) is 2. The molecule has 1 fully saturated rings. The van der Waals surface area contributed by atoms with Crippen LogP contribution in [0.5, 0.6) is 11.6 Å². The molecular formula is C25H29N3O4. The van der Waals surface area contributed by atoms with Crippen molar-refractivity contribution in [2.24, 2.45) is 5.92 Å². The minimum Gasteiger partial charge on any atom is -0.483 e. The van der Waals surface area contributed by atoms with E-state index < -0.39 is 0 Å². The summed E-state index contributed by atoms with van der Waals surface area (Å²) in [7, 11) is 0. The Morgan fingerprint density at radius 3 is 2.94 bits per heavy atom. The predicted molar refractivity (Wildman–Crippen MR) is 121 cm³/mol. The third kappa shape index (κ3) is 5.28. The average molecular weight is 436 g/mol. The third-order valence-electron chi connectivity index (χ3n) is 5.92. The van der Waals surface area contributed by atoms with E-state index >= 15 is 0 Å². The van der Waals surface area contributed by atoms with E-state index in [4.69, 9.17) is 9.47 Å². The summed E-state index contributed by atoms with van der Waals surface area (Å²) in [5, 5.41) is 3.12. The number of nitrogens with one attached hydrogen (secondary N) is 1. The highest BCUT2D eigenvalue weighted by molar-refractivity contribution is 5.94. The summed E-state index contributed by atoms with van der Waals surface area (Å²) in [5.41, 5.74) is 1.60. The quantitative estimate of drug-likeness (QED) is 0.750. The van der Waals surface area contributed by atoms with Crippen molar-refractivity contribution >= 4 is 11.8 Å². The van der Waals surface area contributed by atoms with E-state index in [0.717, 1.165) is 24.2 Å². The molecule has 1 aromatic heterocycles. The van der Waals surface area contributed by atoms with Crippen LogP contribution in [0.1, 0.15) is 35.7 Å². The molecule has 2 aliphatic rings. The lowest BCUT2D eigenvalue weighted by atomic mass is 9.88. The van der Waals surface area contributed by atoms with Gasteiger partial charge < -0.3 is 19.7 Å². The van der Waals surface area contributed by atoms with E-state index in [1.54, 1.807) is 18.3 Å². The Morgan fingerprint density at radius 1 is 1.25 bits per heavy atom. The monoisotopic (exact) mass is 435 g/mol. The lowest BCUT2D eigenvalue weighted by Crippen LogP contribution is -2.53. The molecule has 0 aliphatic carbocycles. The van der Waals surface area contributed by atoms with E-state index in [-0.39, 0.29) is 30.4 Å². The Morgan fingerprint density at radius 2 is 2.12 bits per heavy atom. The van der Waals surface area contributed by atoms with Gasteiger partial charge in [0.2, 0.25) is 5.88 Å². The molecule has 7 nitrogen and oxygen atoms in total. The number of carbonyl (C=O) groups is 2. The van der Waals surface area contributed by atoms with Crippen LogP contribution < -0.4 is 14.8 Å². The van der Waals surface area contributed by atoms with Gasteiger partial charge in [0.05, 0.1) is 12.2 Å². The second-order valence-electron chi connectivity index (χ2n) is 8.10. The number of benzene rings is 1. The fraction of sp³-hybridized carbons (Fsp3) is 0.400. The molecule has 0 saturated carbocycles. The number of allylic oxidation sites excluding steroid dienone is 2. The zero-order valence-corrected chi connectivity index (χ0v) is 18.3. The number of rotatable bonds is 3. The van der Waals surface area contributed by atoms with Crippen molar-refractivity contribution < 1.29 is 19.1 Å². The molecule has 7 heteroatoms. The normalized spacial score (nSPS) is 22.2. The second kappa shape index (κ2) is 10.3. The highest BCUT2D eigenvalue weighted by Crippen LogP contribution is 2.25. The predicted octanol–water partition coefficient (Wildman–Crippen LogP) is 3.01. The van der Waals surface area contributed by atoms with Crippen molar-refractivity contribution in [1.29, 1.82) is 0 Å². The molecule has 168 valence electrons. The van der Waals surface area contributed by atoms with Gasteiger partial charge in [-0.1, -0.05) is 30.4 Å². The highest BCUT2D eigenvalue weighted by atomic mass is 16.5. The van der Waals surface area contributed by atoms with E-state index in [2.05, 4.69) is 22.5 Å². The molecule has 4 rings (SSSR count). The van der Waals surface area contributed by atoms with Gasteiger partial charge in [-0.25, -0.2) is 4.98 Å². The molecule has 0 bridgehead atoms. The first kappa shape index (κ1) is 21.9. The summed E-state index contributed by atoms with van der Waals surface area (Å²) in [6.07, 6.45) is 8.09. The lowest BCUT2D eigenvalue weighted by Gasteiger charge is -2.38. The van der Waals surface area contributed by atoms with Crippen LogP contribution in [0.25, 0.3) is 0 Å². The van der Waals surface area contributed by atoms with Gasteiger partial charge in [-0.15, -0.1) is 0 Å². The number of pyridine rings is 1. The maximum absolute atomic E-state index is 13.0. The minimum atomic E-state index is -0.130. The number of likely N-dealkylation sites (tertiary alicyclic amines) is 1. The Hall–Kier alpha value is -3.35. The van der Waals surface area contributed by atoms with E-state index in [1.165, 1.54) is 0 Å². The number of piperidine rings is 1. The van der Waals surface area contributed by atoms with Crippen molar-refractivity contribution in [2.75, 3.05) is 26.3 Å². The second-order valence-corrected chi connectivity index (χ2v) is 8.10. The number of hydrogen-bond donors (Lipinski definition) is 1. The standard InChI is InChI=1S/C25H29N3O4/c1-2-31-24-12-11-19(15-26-24)25(30)28-14-13-21-20(16-28)9-4-3-7-18-8-5-6-10-22(18)32-17-23(29)27-21/h3-6,8,10-12,15,20-21H,2,7,9,13-14,16-17H2,1H3,(H,27,29)/b4-3+/t20-,21+/m0/s1. The van der Waals surface area contributed by atoms with Gasteiger partial charge in [-0.05, 0) is 43.9 Å². The zero-order chi connectivity index (χ0) is 22.3. The first-order chi connectivity index (χ1) is 15.6. The van der Waals surface area contributed by atoms with Gasteiger partial charge >= 0.3 is 0 Å². The van der Waals surface area contributed by atoms with Crippen LogP contribution in [0.4, 0.5) is 0 Å². The first-order valence-electron chi connectivity index (χ1n) is 11.2. The number of ether oxygens (including phenoxy) is 2. The van der Waals surface area contributed by atoms with E-state index in [9.17, 15) is 9.59 Å². The minimum absolute atomic E-state index is 0.00734. The van der Waals surface area contributed by atoms with Gasteiger partial charge in [0.15, 0.2) is 6.61 Å². The molecule has 0 radical (unpaired) electrons. The topological polar surface area (TPSA) is 80.8 Å². The Balaban J connectivity index is 1.46. The van der Waals surface area contributed by atoms with Crippen LogP contribution in [0, 0.1) is 5.92 Å². The summed E-state index contributed by atoms with van der Waals surface area (Å²) in [6.45, 7) is 3.58. The molecule has 1 aromatic carbocycles. The maximum Gasteiger partial charge on any atom is 0.258 e. The Bertz CT molecular complexity index is 973. The molecule has 2 amide bonds. The van der Waals surface area contributed by atoms with Crippen molar-refractivity contribution in [1.82, 2.24) is 15.2 Å². The summed E-state index contributed by atoms with van der Waals surface area (Å²) in [5.74, 6) is 1.22. The molecule has 0 unspecified atom stereocenters. The van der Waals surface area contributed by atoms with Gasteiger partial charge in [-0.3, -0.25) is 9.59 Å². The van der Waals surface area contributed by atoms with Crippen molar-refractivity contribution in [2.45, 2.75) is 32.2 Å². The summed E-state index contributed by atoms with van der Waals surface area (Å²) in [6, 6.07) is 11.3. The number of carbonyl (C=O) groups excluding carboxylic acids is 2. The van der Waals surface area contributed by atoms with Crippen molar-refractivity contribution in [3.63, 3.8) is 0 Å². The summed E-state index contributed by atoms with van der Waals surface area (Å²) < 4.78 is 11.1. The maximum atomic E-state index is 13.0. The third-order valence-corrected chi connectivity index (χ3v) is 5.92. The van der Waals surface area contributed by atoms with Gasteiger partial charge in [0.1, 0.15) is 5.75 Å². The van der Waals surface area contributed by atoms with Gasteiger partial charge in [0, 0.05) is 37.3 Å². The number of aromatic nitrogens is 1. The van der Waals surface area contributed by atoms with Crippen LogP contribution in [0.2, 0.25) is 0 Å². The van der Waals surface area contributed by atoms with Gasteiger partial charge in [-0.2, -0.15) is 0 Å². The van der Waals surface area contributed by atoms with E-state index in [1.807, 2.05) is 36.1 Å². The number of fused-ring (bicyclic) bond motifs is 2. The number of para-hydroxylation sites is 1.